The van der Waals surface area contributed by atoms with Gasteiger partial charge < -0.3 is 19.6 Å². The number of allylic oxidation sites excluding steroid dienone is 1. The molecule has 42 heavy (non-hydrogen) atoms. The molecule has 0 saturated carbocycles. The number of esters is 2. The number of fused-ring (bicyclic) bond motifs is 3. The number of furan rings is 1. The average Bonchev–Trinajstić information content (AvgIpc) is 3.43. The van der Waals surface area contributed by atoms with E-state index in [1.54, 1.807) is 36.4 Å². The summed E-state index contributed by atoms with van der Waals surface area (Å²) in [6.45, 7) is 0. The van der Waals surface area contributed by atoms with Crippen molar-refractivity contribution in [2.24, 2.45) is 5.73 Å². The van der Waals surface area contributed by atoms with Gasteiger partial charge >= 0.3 is 11.9 Å². The maximum absolute atomic E-state index is 13.3. The molecule has 0 radical (unpaired) electrons. The highest BCUT2D eigenvalue weighted by Gasteiger charge is 2.43. The number of carbonyl (C=O) groups excluding carboxylic acids is 2. The van der Waals surface area contributed by atoms with E-state index in [0.29, 0.717) is 11.3 Å². The third-order valence-corrected chi connectivity index (χ3v) is 7.45. The third-order valence-electron chi connectivity index (χ3n) is 7.45. The molecule has 8 heteroatoms. The Bertz CT molecular complexity index is 1960. The van der Waals surface area contributed by atoms with Crippen LogP contribution in [0, 0.1) is 11.3 Å². The van der Waals surface area contributed by atoms with E-state index in [2.05, 4.69) is 6.07 Å². The van der Waals surface area contributed by atoms with Crippen molar-refractivity contribution in [3.63, 3.8) is 0 Å². The third kappa shape index (κ3) is 4.16. The maximum Gasteiger partial charge on any atom is 0.355 e. The fourth-order valence-corrected chi connectivity index (χ4v) is 5.55. The van der Waals surface area contributed by atoms with Gasteiger partial charge in [-0.3, -0.25) is 4.90 Å². The van der Waals surface area contributed by atoms with Crippen molar-refractivity contribution in [3.05, 3.63) is 125 Å². The molecule has 0 amide bonds. The van der Waals surface area contributed by atoms with Crippen LogP contribution in [0.3, 0.4) is 0 Å². The van der Waals surface area contributed by atoms with E-state index in [1.165, 1.54) is 19.1 Å². The predicted molar refractivity (Wildman–Crippen MR) is 159 cm³/mol. The number of anilines is 1. The quantitative estimate of drug-likeness (QED) is 0.257. The Hall–Kier alpha value is -5.81. The molecule has 1 atom stereocenters. The maximum atomic E-state index is 13.3. The van der Waals surface area contributed by atoms with E-state index >= 15 is 0 Å². The Morgan fingerprint density at radius 2 is 1.50 bits per heavy atom. The molecule has 0 saturated heterocycles. The molecule has 4 aromatic carbocycles. The van der Waals surface area contributed by atoms with Gasteiger partial charge in [-0.2, -0.15) is 5.26 Å². The topological polar surface area (TPSA) is 119 Å². The molecule has 6 rings (SSSR count). The summed E-state index contributed by atoms with van der Waals surface area (Å²) in [4.78, 5) is 28.0. The van der Waals surface area contributed by atoms with Crippen molar-refractivity contribution < 1.29 is 23.5 Å². The number of rotatable bonds is 5. The number of hydrogen-bond donors (Lipinski definition) is 1. The number of para-hydroxylation sites is 2. The van der Waals surface area contributed by atoms with E-state index < -0.39 is 17.9 Å². The standard InChI is InChI=1S/C34H25N3O5/c1-40-33(38)29-28(21-9-4-3-5-10-21)26(19-35)32(36)37(30(29)34(39)41-2)22-17-15-20(16-18-22)23-12-8-13-25-24-11-6-7-14-27(24)42-31(23)25/h3-18,28H,36H2,1-2H3. The lowest BCUT2D eigenvalue weighted by Gasteiger charge is -2.35. The summed E-state index contributed by atoms with van der Waals surface area (Å²) in [5.41, 5.74) is 10.9. The first-order valence-corrected chi connectivity index (χ1v) is 13.1. The molecule has 206 valence electrons. The normalized spacial score (nSPS) is 15.2. The van der Waals surface area contributed by atoms with Crippen molar-refractivity contribution in [2.45, 2.75) is 5.92 Å². The monoisotopic (exact) mass is 555 g/mol. The molecule has 0 fully saturated rings. The van der Waals surface area contributed by atoms with Crippen molar-refractivity contribution in [1.29, 1.82) is 5.26 Å². The van der Waals surface area contributed by atoms with Crippen LogP contribution < -0.4 is 10.6 Å². The Kier molecular flexibility index (Phi) is 6.69. The number of carbonyl (C=O) groups is 2. The second-order valence-corrected chi connectivity index (χ2v) is 9.66. The Labute approximate surface area is 241 Å². The Morgan fingerprint density at radius 3 is 2.19 bits per heavy atom. The highest BCUT2D eigenvalue weighted by molar-refractivity contribution is 6.10. The summed E-state index contributed by atoms with van der Waals surface area (Å²) in [7, 11) is 2.44. The lowest BCUT2D eigenvalue weighted by molar-refractivity contribution is -0.139. The van der Waals surface area contributed by atoms with Crippen molar-refractivity contribution in [3.8, 4) is 17.2 Å². The van der Waals surface area contributed by atoms with Crippen LogP contribution in [0.15, 0.2) is 124 Å². The number of nitriles is 1. The van der Waals surface area contributed by atoms with Crippen LogP contribution in [-0.4, -0.2) is 26.2 Å². The first kappa shape index (κ1) is 26.4. The van der Waals surface area contributed by atoms with Crippen LogP contribution in [0.5, 0.6) is 0 Å². The molecular formula is C34H25N3O5. The molecule has 2 heterocycles. The molecule has 1 aliphatic rings. The van der Waals surface area contributed by atoms with Crippen LogP contribution in [0.4, 0.5) is 5.69 Å². The zero-order chi connectivity index (χ0) is 29.4. The second-order valence-electron chi connectivity index (χ2n) is 9.66. The van der Waals surface area contributed by atoms with Crippen LogP contribution in [0.2, 0.25) is 0 Å². The fraction of sp³-hybridized carbons (Fsp3) is 0.0882. The van der Waals surface area contributed by atoms with Gasteiger partial charge in [-0.1, -0.05) is 78.9 Å². The second kappa shape index (κ2) is 10.6. The van der Waals surface area contributed by atoms with E-state index in [-0.39, 0.29) is 22.7 Å². The smallest absolute Gasteiger partial charge is 0.355 e. The molecular weight excluding hydrogens is 530 g/mol. The van der Waals surface area contributed by atoms with E-state index in [9.17, 15) is 14.9 Å². The first-order chi connectivity index (χ1) is 20.5. The van der Waals surface area contributed by atoms with Gasteiger partial charge in [-0.05, 0) is 29.3 Å². The summed E-state index contributed by atoms with van der Waals surface area (Å²) in [6.07, 6.45) is 0. The molecule has 1 aromatic heterocycles. The minimum absolute atomic E-state index is 0.00606. The van der Waals surface area contributed by atoms with E-state index in [1.807, 2.05) is 60.7 Å². The summed E-state index contributed by atoms with van der Waals surface area (Å²) >= 11 is 0. The molecule has 1 unspecified atom stereocenters. The van der Waals surface area contributed by atoms with Gasteiger partial charge in [0.2, 0.25) is 0 Å². The zero-order valence-corrected chi connectivity index (χ0v) is 22.8. The van der Waals surface area contributed by atoms with Crippen LogP contribution in [0.25, 0.3) is 33.1 Å². The molecule has 2 N–H and O–H groups in total. The number of ether oxygens (including phenoxy) is 2. The Balaban J connectivity index is 1.52. The van der Waals surface area contributed by atoms with Crippen molar-refractivity contribution >= 4 is 39.6 Å². The van der Waals surface area contributed by atoms with Gasteiger partial charge in [0.15, 0.2) is 0 Å². The van der Waals surface area contributed by atoms with E-state index in [0.717, 1.165) is 33.1 Å². The summed E-state index contributed by atoms with van der Waals surface area (Å²) in [5, 5.41) is 12.3. The van der Waals surface area contributed by atoms with Gasteiger partial charge in [0.05, 0.1) is 37.4 Å². The molecule has 1 aliphatic heterocycles. The number of methoxy groups -OCH3 is 2. The highest BCUT2D eigenvalue weighted by Crippen LogP contribution is 2.44. The molecule has 0 aliphatic carbocycles. The van der Waals surface area contributed by atoms with E-state index in [4.69, 9.17) is 19.6 Å². The lowest BCUT2D eigenvalue weighted by atomic mass is 9.81. The fourth-order valence-electron chi connectivity index (χ4n) is 5.55. The average molecular weight is 556 g/mol. The molecule has 0 spiro atoms. The van der Waals surface area contributed by atoms with Crippen LogP contribution in [-0.2, 0) is 19.1 Å². The van der Waals surface area contributed by atoms with Gasteiger partial charge in [-0.25, -0.2) is 9.59 Å². The van der Waals surface area contributed by atoms with Crippen LogP contribution in [0.1, 0.15) is 11.5 Å². The van der Waals surface area contributed by atoms with Crippen molar-refractivity contribution in [2.75, 3.05) is 19.1 Å². The minimum atomic E-state index is -0.932. The summed E-state index contributed by atoms with van der Waals surface area (Å²) < 4.78 is 16.4. The number of hydrogen-bond acceptors (Lipinski definition) is 8. The van der Waals surface area contributed by atoms with Gasteiger partial charge in [0.1, 0.15) is 22.7 Å². The predicted octanol–water partition coefficient (Wildman–Crippen LogP) is 6.15. The number of nitrogens with two attached hydrogens (primary N) is 1. The largest absolute Gasteiger partial charge is 0.466 e. The van der Waals surface area contributed by atoms with Crippen LogP contribution >= 0.6 is 0 Å². The first-order valence-electron chi connectivity index (χ1n) is 13.1. The van der Waals surface area contributed by atoms with Gasteiger partial charge in [0, 0.05) is 22.0 Å². The molecule has 8 nitrogen and oxygen atoms in total. The number of nitrogens with zero attached hydrogens (tertiary/aromatic N) is 2. The lowest BCUT2D eigenvalue weighted by Crippen LogP contribution is -2.40. The summed E-state index contributed by atoms with van der Waals surface area (Å²) in [6, 6.07) is 32.2. The van der Waals surface area contributed by atoms with Crippen molar-refractivity contribution in [1.82, 2.24) is 0 Å². The Morgan fingerprint density at radius 1 is 0.833 bits per heavy atom. The zero-order valence-electron chi connectivity index (χ0n) is 22.8. The summed E-state index contributed by atoms with van der Waals surface area (Å²) in [5.74, 6) is -2.50. The van der Waals surface area contributed by atoms with Gasteiger partial charge in [0.25, 0.3) is 0 Å². The molecule has 0 bridgehead atoms. The highest BCUT2D eigenvalue weighted by atomic mass is 16.5. The van der Waals surface area contributed by atoms with Gasteiger partial charge in [-0.15, -0.1) is 0 Å². The SMILES string of the molecule is COC(=O)C1=C(C(=O)OC)N(c2ccc(-c3cccc4c3oc3ccccc34)cc2)C(N)=C(C#N)C1c1ccccc1. The number of benzene rings is 4. The minimum Gasteiger partial charge on any atom is -0.466 e. The molecule has 5 aromatic rings.